The molecule has 3 nitrogen and oxygen atoms in total. The van der Waals surface area contributed by atoms with Gasteiger partial charge in [-0.15, -0.1) is 0 Å². The topological polar surface area (TPSA) is 46.5 Å². The van der Waals surface area contributed by atoms with Gasteiger partial charge in [0.15, 0.2) is 0 Å². The quantitative estimate of drug-likeness (QED) is 0.355. The van der Waals surface area contributed by atoms with Gasteiger partial charge in [-0.05, 0) is 0 Å². The van der Waals surface area contributed by atoms with Gasteiger partial charge in [0.05, 0.1) is 6.26 Å². The van der Waals surface area contributed by atoms with Crippen molar-refractivity contribution in [3.8, 4) is 0 Å². The summed E-state index contributed by atoms with van der Waals surface area (Å²) in [5.41, 5.74) is 0.252. The molecule has 0 atom stereocenters. The molecule has 0 saturated carbocycles. The standard InChI is InChI=1S/C7H10O3/c1-3-10-7(9)6(2)4-5-8/h3,8H,1-2,4-5H2. The van der Waals surface area contributed by atoms with Gasteiger partial charge in [-0.1, -0.05) is 13.2 Å². The zero-order chi connectivity index (χ0) is 7.98. The summed E-state index contributed by atoms with van der Waals surface area (Å²) in [6.07, 6.45) is 1.28. The second-order valence-electron chi connectivity index (χ2n) is 1.65. The van der Waals surface area contributed by atoms with E-state index in [0.29, 0.717) is 0 Å². The molecule has 0 rings (SSSR count). The SMILES string of the molecule is C=COC(=O)C(=C)CCO. The molecule has 0 saturated heterocycles. The molecule has 0 aliphatic rings. The lowest BCUT2D eigenvalue weighted by Gasteiger charge is -1.98. The molecule has 56 valence electrons. The molecule has 0 aliphatic carbocycles. The van der Waals surface area contributed by atoms with Gasteiger partial charge in [0.2, 0.25) is 0 Å². The van der Waals surface area contributed by atoms with Gasteiger partial charge in [-0.25, -0.2) is 4.79 Å². The Hall–Kier alpha value is -1.09. The minimum absolute atomic E-state index is 0.0922. The highest BCUT2D eigenvalue weighted by atomic mass is 16.5. The minimum Gasteiger partial charge on any atom is -0.432 e. The van der Waals surface area contributed by atoms with Crippen molar-refractivity contribution in [1.82, 2.24) is 0 Å². The molecule has 0 fully saturated rings. The predicted molar refractivity (Wildman–Crippen MR) is 37.1 cm³/mol. The van der Waals surface area contributed by atoms with Crippen LogP contribution in [0.3, 0.4) is 0 Å². The van der Waals surface area contributed by atoms with Crippen molar-refractivity contribution >= 4 is 5.97 Å². The van der Waals surface area contributed by atoms with E-state index in [0.717, 1.165) is 6.26 Å². The van der Waals surface area contributed by atoms with E-state index in [-0.39, 0.29) is 18.6 Å². The highest BCUT2D eigenvalue weighted by Gasteiger charge is 2.04. The first-order chi connectivity index (χ1) is 4.72. The van der Waals surface area contributed by atoms with Gasteiger partial charge >= 0.3 is 5.97 Å². The number of carbonyl (C=O) groups excluding carboxylic acids is 1. The van der Waals surface area contributed by atoms with E-state index in [1.807, 2.05) is 0 Å². The summed E-state index contributed by atoms with van der Waals surface area (Å²) in [6, 6.07) is 0. The van der Waals surface area contributed by atoms with Crippen LogP contribution in [0.15, 0.2) is 25.0 Å². The van der Waals surface area contributed by atoms with Crippen LogP contribution in [0.5, 0.6) is 0 Å². The second-order valence-corrected chi connectivity index (χ2v) is 1.65. The van der Waals surface area contributed by atoms with E-state index in [1.54, 1.807) is 0 Å². The fourth-order valence-corrected chi connectivity index (χ4v) is 0.396. The normalized spacial score (nSPS) is 8.50. The highest BCUT2D eigenvalue weighted by Crippen LogP contribution is 1.99. The Bertz CT molecular complexity index is 149. The van der Waals surface area contributed by atoms with Crippen molar-refractivity contribution < 1.29 is 14.6 Å². The first kappa shape index (κ1) is 8.91. The third kappa shape index (κ3) is 3.04. The van der Waals surface area contributed by atoms with Crippen LogP contribution < -0.4 is 0 Å². The van der Waals surface area contributed by atoms with Crippen molar-refractivity contribution in [2.24, 2.45) is 0 Å². The highest BCUT2D eigenvalue weighted by molar-refractivity contribution is 5.88. The summed E-state index contributed by atoms with van der Waals surface area (Å²) >= 11 is 0. The third-order valence-electron chi connectivity index (χ3n) is 0.893. The smallest absolute Gasteiger partial charge is 0.338 e. The summed E-state index contributed by atoms with van der Waals surface area (Å²) in [6.45, 7) is 6.48. The molecule has 0 aromatic rings. The summed E-state index contributed by atoms with van der Waals surface area (Å²) in [4.78, 5) is 10.6. The minimum atomic E-state index is -0.538. The molecule has 0 spiro atoms. The number of aliphatic hydroxyl groups excluding tert-OH is 1. The van der Waals surface area contributed by atoms with E-state index < -0.39 is 5.97 Å². The molecule has 0 aromatic carbocycles. The Kier molecular flexibility index (Phi) is 4.24. The lowest BCUT2D eigenvalue weighted by molar-refractivity contribution is -0.133. The van der Waals surface area contributed by atoms with E-state index >= 15 is 0 Å². The Morgan fingerprint density at radius 3 is 2.70 bits per heavy atom. The van der Waals surface area contributed by atoms with Crippen LogP contribution in [0, 0.1) is 0 Å². The van der Waals surface area contributed by atoms with Crippen LogP contribution in [0.4, 0.5) is 0 Å². The van der Waals surface area contributed by atoms with E-state index in [1.165, 1.54) is 0 Å². The van der Waals surface area contributed by atoms with Crippen LogP contribution in [0.1, 0.15) is 6.42 Å². The molecule has 10 heavy (non-hydrogen) atoms. The van der Waals surface area contributed by atoms with E-state index in [4.69, 9.17) is 5.11 Å². The summed E-state index contributed by atoms with van der Waals surface area (Å²) in [7, 11) is 0. The van der Waals surface area contributed by atoms with Crippen molar-refractivity contribution in [2.75, 3.05) is 6.61 Å². The molecule has 0 aliphatic heterocycles. The van der Waals surface area contributed by atoms with Crippen LogP contribution >= 0.6 is 0 Å². The van der Waals surface area contributed by atoms with Gasteiger partial charge in [0.25, 0.3) is 0 Å². The maximum Gasteiger partial charge on any atom is 0.338 e. The van der Waals surface area contributed by atoms with Crippen molar-refractivity contribution in [2.45, 2.75) is 6.42 Å². The van der Waals surface area contributed by atoms with Gasteiger partial charge in [-0.2, -0.15) is 0 Å². The largest absolute Gasteiger partial charge is 0.432 e. The van der Waals surface area contributed by atoms with Crippen LogP contribution in [0.2, 0.25) is 0 Å². The first-order valence-electron chi connectivity index (χ1n) is 2.83. The number of ether oxygens (including phenoxy) is 1. The van der Waals surface area contributed by atoms with Crippen molar-refractivity contribution in [3.05, 3.63) is 25.0 Å². The van der Waals surface area contributed by atoms with Crippen LogP contribution in [-0.4, -0.2) is 17.7 Å². The number of esters is 1. The number of aliphatic hydroxyl groups is 1. The van der Waals surface area contributed by atoms with Crippen LogP contribution in [0.25, 0.3) is 0 Å². The molecular weight excluding hydrogens is 132 g/mol. The molecule has 3 heteroatoms. The Labute approximate surface area is 59.6 Å². The number of rotatable bonds is 4. The Balaban J connectivity index is 3.70. The fourth-order valence-electron chi connectivity index (χ4n) is 0.396. The molecule has 0 radical (unpaired) electrons. The summed E-state index contributed by atoms with van der Waals surface area (Å²) < 4.78 is 4.37. The zero-order valence-corrected chi connectivity index (χ0v) is 5.67. The fraction of sp³-hybridized carbons (Fsp3) is 0.286. The van der Waals surface area contributed by atoms with Gasteiger partial charge < -0.3 is 9.84 Å². The predicted octanol–water partition coefficient (Wildman–Crippen LogP) is 0.612. The molecule has 0 aromatic heterocycles. The lowest BCUT2D eigenvalue weighted by Crippen LogP contribution is -2.03. The monoisotopic (exact) mass is 142 g/mol. The van der Waals surface area contributed by atoms with Crippen LogP contribution in [-0.2, 0) is 9.53 Å². The zero-order valence-electron chi connectivity index (χ0n) is 5.67. The van der Waals surface area contributed by atoms with Gasteiger partial charge in [0, 0.05) is 18.6 Å². The summed E-state index contributed by atoms with van der Waals surface area (Å²) in [5, 5.41) is 8.36. The average molecular weight is 142 g/mol. The Morgan fingerprint density at radius 2 is 2.30 bits per heavy atom. The van der Waals surface area contributed by atoms with Gasteiger partial charge in [0.1, 0.15) is 0 Å². The van der Waals surface area contributed by atoms with E-state index in [2.05, 4.69) is 17.9 Å². The summed E-state index contributed by atoms with van der Waals surface area (Å²) in [5.74, 6) is -0.538. The number of carbonyl (C=O) groups is 1. The van der Waals surface area contributed by atoms with Crippen molar-refractivity contribution in [3.63, 3.8) is 0 Å². The van der Waals surface area contributed by atoms with Gasteiger partial charge in [-0.3, -0.25) is 0 Å². The molecule has 0 unspecified atom stereocenters. The molecule has 0 heterocycles. The maximum atomic E-state index is 10.6. The Morgan fingerprint density at radius 1 is 1.70 bits per heavy atom. The molecule has 0 bridgehead atoms. The van der Waals surface area contributed by atoms with E-state index in [9.17, 15) is 4.79 Å². The lowest BCUT2D eigenvalue weighted by atomic mass is 10.2. The second kappa shape index (κ2) is 4.76. The van der Waals surface area contributed by atoms with Crippen molar-refractivity contribution in [1.29, 1.82) is 0 Å². The number of hydrogen-bond donors (Lipinski definition) is 1. The maximum absolute atomic E-state index is 10.6. The molecular formula is C7H10O3. The molecule has 0 amide bonds. The average Bonchev–Trinajstić information content (AvgIpc) is 1.89. The first-order valence-corrected chi connectivity index (χ1v) is 2.83. The third-order valence-corrected chi connectivity index (χ3v) is 0.893. The number of hydrogen-bond acceptors (Lipinski definition) is 3. The molecule has 1 N–H and O–H groups in total.